The minimum absolute atomic E-state index is 0.0123. The summed E-state index contributed by atoms with van der Waals surface area (Å²) in [7, 11) is 1.65. The summed E-state index contributed by atoms with van der Waals surface area (Å²) in [6.45, 7) is 3.42. The average Bonchev–Trinajstić information content (AvgIpc) is 3.47. The Balaban J connectivity index is 1.52. The van der Waals surface area contributed by atoms with Crippen LogP contribution in [0.3, 0.4) is 0 Å². The van der Waals surface area contributed by atoms with E-state index in [9.17, 15) is 4.79 Å². The molecule has 1 saturated heterocycles. The van der Waals surface area contributed by atoms with Crippen molar-refractivity contribution in [3.63, 3.8) is 0 Å². The minimum Gasteiger partial charge on any atom is -0.497 e. The quantitative estimate of drug-likeness (QED) is 0.534. The van der Waals surface area contributed by atoms with Crippen LogP contribution < -0.4 is 10.1 Å². The molecule has 0 aliphatic carbocycles. The number of imidazole rings is 1. The molecule has 1 fully saturated rings. The number of thioether (sulfide) groups is 1. The van der Waals surface area contributed by atoms with Gasteiger partial charge in [0.25, 0.3) is 0 Å². The monoisotopic (exact) mass is 437 g/mol. The van der Waals surface area contributed by atoms with Gasteiger partial charge in [-0.1, -0.05) is 41.6 Å². The summed E-state index contributed by atoms with van der Waals surface area (Å²) in [6, 6.07) is 16.1. The molecule has 0 radical (unpaired) electrons. The van der Waals surface area contributed by atoms with Crippen LogP contribution in [0, 0.1) is 6.92 Å². The molecule has 0 bridgehead atoms. The molecule has 162 valence electrons. The molecule has 1 amide bonds. The number of nitrogens with zero attached hydrogens (tertiary/aromatic N) is 2. The van der Waals surface area contributed by atoms with Crippen LogP contribution in [-0.4, -0.2) is 47.6 Å². The molecule has 1 aliphatic rings. The van der Waals surface area contributed by atoms with Gasteiger partial charge in [0.1, 0.15) is 5.75 Å². The number of carbonyl (C=O) groups excluding carboxylic acids is 1. The Morgan fingerprint density at radius 3 is 2.68 bits per heavy atom. The van der Waals surface area contributed by atoms with Crippen LogP contribution in [0.2, 0.25) is 0 Å². The highest BCUT2D eigenvalue weighted by atomic mass is 32.2. The summed E-state index contributed by atoms with van der Waals surface area (Å²) in [5.74, 6) is 1.08. The van der Waals surface area contributed by atoms with E-state index in [-0.39, 0.29) is 12.0 Å². The van der Waals surface area contributed by atoms with E-state index in [0.29, 0.717) is 12.3 Å². The van der Waals surface area contributed by atoms with Gasteiger partial charge in [0.05, 0.1) is 24.7 Å². The summed E-state index contributed by atoms with van der Waals surface area (Å²) in [5.41, 5.74) is 4.09. The molecule has 1 N–H and O–H groups in total. The van der Waals surface area contributed by atoms with Crippen molar-refractivity contribution < 1.29 is 14.3 Å². The maximum Gasteiger partial charge on any atom is 0.230 e. The van der Waals surface area contributed by atoms with Crippen molar-refractivity contribution in [1.82, 2.24) is 14.9 Å². The van der Waals surface area contributed by atoms with Crippen LogP contribution in [-0.2, 0) is 9.53 Å². The van der Waals surface area contributed by atoms with Crippen LogP contribution >= 0.6 is 11.8 Å². The molecule has 2 heterocycles. The highest BCUT2D eigenvalue weighted by molar-refractivity contribution is 7.99. The van der Waals surface area contributed by atoms with Gasteiger partial charge in [0.2, 0.25) is 5.91 Å². The van der Waals surface area contributed by atoms with Crippen molar-refractivity contribution in [2.24, 2.45) is 0 Å². The van der Waals surface area contributed by atoms with E-state index in [0.717, 1.165) is 47.3 Å². The van der Waals surface area contributed by atoms with Gasteiger partial charge in [-0.15, -0.1) is 0 Å². The van der Waals surface area contributed by atoms with Crippen molar-refractivity contribution >= 4 is 17.7 Å². The SMILES string of the molecule is COc1ccc(-n2cc(-c3ccc(C)cc3)nc2SCC(=O)NC[C@@H]2CCCO2)cc1. The molecule has 1 atom stereocenters. The first-order valence-corrected chi connectivity index (χ1v) is 11.4. The molecular weight excluding hydrogens is 410 g/mol. The predicted molar refractivity (Wildman–Crippen MR) is 123 cm³/mol. The second-order valence-electron chi connectivity index (χ2n) is 7.57. The molecule has 0 unspecified atom stereocenters. The molecule has 1 aliphatic heterocycles. The van der Waals surface area contributed by atoms with E-state index in [4.69, 9.17) is 14.5 Å². The molecule has 6 nitrogen and oxygen atoms in total. The van der Waals surface area contributed by atoms with Crippen molar-refractivity contribution in [2.75, 3.05) is 26.0 Å². The Hall–Kier alpha value is -2.77. The van der Waals surface area contributed by atoms with Gasteiger partial charge in [-0.2, -0.15) is 0 Å². The van der Waals surface area contributed by atoms with Gasteiger partial charge in [0.15, 0.2) is 5.16 Å². The number of aryl methyl sites for hydroxylation is 1. The first kappa shape index (κ1) is 21.5. The Bertz CT molecular complexity index is 1010. The fraction of sp³-hybridized carbons (Fsp3) is 0.333. The molecule has 1 aromatic heterocycles. The van der Waals surface area contributed by atoms with E-state index in [1.807, 2.05) is 35.0 Å². The lowest BCUT2D eigenvalue weighted by molar-refractivity contribution is -0.119. The van der Waals surface area contributed by atoms with Crippen LogP contribution in [0.25, 0.3) is 16.9 Å². The number of benzene rings is 2. The number of ether oxygens (including phenoxy) is 2. The Labute approximate surface area is 187 Å². The third kappa shape index (κ3) is 5.48. The zero-order chi connectivity index (χ0) is 21.6. The van der Waals surface area contributed by atoms with Crippen LogP contribution in [0.15, 0.2) is 59.9 Å². The fourth-order valence-corrected chi connectivity index (χ4v) is 4.29. The first-order valence-electron chi connectivity index (χ1n) is 10.4. The van der Waals surface area contributed by atoms with Crippen molar-refractivity contribution in [1.29, 1.82) is 0 Å². The van der Waals surface area contributed by atoms with E-state index >= 15 is 0 Å². The number of amides is 1. The van der Waals surface area contributed by atoms with Crippen LogP contribution in [0.4, 0.5) is 0 Å². The van der Waals surface area contributed by atoms with E-state index < -0.39 is 0 Å². The molecule has 2 aromatic carbocycles. The largest absolute Gasteiger partial charge is 0.497 e. The highest BCUT2D eigenvalue weighted by Gasteiger charge is 2.17. The second kappa shape index (κ2) is 10.0. The van der Waals surface area contributed by atoms with E-state index in [1.165, 1.54) is 17.3 Å². The summed E-state index contributed by atoms with van der Waals surface area (Å²) in [6.07, 6.45) is 4.23. The number of nitrogens with one attached hydrogen (secondary N) is 1. The predicted octanol–water partition coefficient (Wildman–Crippen LogP) is 4.24. The maximum atomic E-state index is 12.4. The lowest BCUT2D eigenvalue weighted by Crippen LogP contribution is -2.32. The second-order valence-corrected chi connectivity index (χ2v) is 8.51. The van der Waals surface area contributed by atoms with E-state index in [2.05, 4.69) is 36.5 Å². The lowest BCUT2D eigenvalue weighted by Gasteiger charge is -2.11. The van der Waals surface area contributed by atoms with Crippen molar-refractivity contribution in [2.45, 2.75) is 31.0 Å². The Morgan fingerprint density at radius 2 is 2.00 bits per heavy atom. The molecule has 7 heteroatoms. The third-order valence-electron chi connectivity index (χ3n) is 5.25. The first-order chi connectivity index (χ1) is 15.1. The summed E-state index contributed by atoms with van der Waals surface area (Å²) in [5, 5.41) is 3.75. The Kier molecular flexibility index (Phi) is 6.94. The van der Waals surface area contributed by atoms with Gasteiger partial charge in [-0.25, -0.2) is 4.98 Å². The normalized spacial score (nSPS) is 15.7. The fourth-order valence-electron chi connectivity index (χ4n) is 3.47. The van der Waals surface area contributed by atoms with Gasteiger partial charge >= 0.3 is 0 Å². The third-order valence-corrected chi connectivity index (χ3v) is 6.21. The topological polar surface area (TPSA) is 65.4 Å². The van der Waals surface area contributed by atoms with Crippen LogP contribution in [0.1, 0.15) is 18.4 Å². The highest BCUT2D eigenvalue weighted by Crippen LogP contribution is 2.28. The number of hydrogen-bond acceptors (Lipinski definition) is 5. The summed E-state index contributed by atoms with van der Waals surface area (Å²) < 4.78 is 12.9. The standard InChI is InChI=1S/C24H27N3O3S/c1-17-5-7-18(8-6-17)22-15-27(19-9-11-20(29-2)12-10-19)24(26-22)31-16-23(28)25-14-21-4-3-13-30-21/h5-12,15,21H,3-4,13-14,16H2,1-2H3,(H,25,28)/t21-/m0/s1. The summed E-state index contributed by atoms with van der Waals surface area (Å²) in [4.78, 5) is 17.2. The minimum atomic E-state index is -0.0123. The average molecular weight is 438 g/mol. The molecular formula is C24H27N3O3S. The van der Waals surface area contributed by atoms with Crippen molar-refractivity contribution in [3.8, 4) is 22.7 Å². The number of hydrogen-bond donors (Lipinski definition) is 1. The number of aromatic nitrogens is 2. The smallest absolute Gasteiger partial charge is 0.230 e. The summed E-state index contributed by atoms with van der Waals surface area (Å²) >= 11 is 1.43. The molecule has 4 rings (SSSR count). The zero-order valence-corrected chi connectivity index (χ0v) is 18.7. The van der Waals surface area contributed by atoms with Gasteiger partial charge in [0, 0.05) is 30.6 Å². The van der Waals surface area contributed by atoms with Gasteiger partial charge in [-0.05, 0) is 44.0 Å². The van der Waals surface area contributed by atoms with Gasteiger partial charge < -0.3 is 14.8 Å². The lowest BCUT2D eigenvalue weighted by atomic mass is 10.1. The van der Waals surface area contributed by atoms with Gasteiger partial charge in [-0.3, -0.25) is 9.36 Å². The van der Waals surface area contributed by atoms with Crippen LogP contribution in [0.5, 0.6) is 5.75 Å². The van der Waals surface area contributed by atoms with E-state index in [1.54, 1.807) is 7.11 Å². The Morgan fingerprint density at radius 1 is 1.23 bits per heavy atom. The molecule has 0 saturated carbocycles. The molecule has 31 heavy (non-hydrogen) atoms. The molecule has 3 aromatic rings. The number of rotatable bonds is 8. The number of carbonyl (C=O) groups is 1. The molecule has 0 spiro atoms. The maximum absolute atomic E-state index is 12.4. The number of methoxy groups -OCH3 is 1. The van der Waals surface area contributed by atoms with Crippen molar-refractivity contribution in [3.05, 3.63) is 60.3 Å². The zero-order valence-electron chi connectivity index (χ0n) is 17.8.